The molecule has 1 saturated heterocycles. The Labute approximate surface area is 168 Å². The second-order valence-corrected chi connectivity index (χ2v) is 8.83. The average molecular weight is 381 g/mol. The van der Waals surface area contributed by atoms with E-state index >= 15 is 0 Å². The summed E-state index contributed by atoms with van der Waals surface area (Å²) in [7, 11) is 0. The maximum absolute atomic E-state index is 12.2. The Balaban J connectivity index is 1.48. The number of nitrogens with zero attached hydrogens (tertiary/aromatic N) is 1. The number of hydrogen-bond donors (Lipinski definition) is 1. The van der Waals surface area contributed by atoms with Crippen molar-refractivity contribution in [3.63, 3.8) is 0 Å². The van der Waals surface area contributed by atoms with Crippen LogP contribution < -0.4 is 15.0 Å². The summed E-state index contributed by atoms with van der Waals surface area (Å²) in [6, 6.07) is 16.0. The highest BCUT2D eigenvalue weighted by atomic mass is 16.5. The molecular weight excluding hydrogens is 348 g/mol. The molecule has 0 spiro atoms. The SMILES string of the molecule is CC1CCN(c2ccc(NC(=O)COc3ccc(C(C)(C)C)cc3)cc2)CC1. The lowest BCUT2D eigenvalue weighted by atomic mass is 9.87. The Morgan fingerprint density at radius 3 is 2.21 bits per heavy atom. The molecule has 1 N–H and O–H groups in total. The molecule has 0 saturated carbocycles. The lowest BCUT2D eigenvalue weighted by Gasteiger charge is -2.32. The third kappa shape index (κ3) is 5.51. The molecule has 4 nitrogen and oxygen atoms in total. The van der Waals surface area contributed by atoms with Gasteiger partial charge in [-0.1, -0.05) is 39.8 Å². The van der Waals surface area contributed by atoms with Crippen molar-refractivity contribution in [3.8, 4) is 5.75 Å². The van der Waals surface area contributed by atoms with Crippen LogP contribution in [0.5, 0.6) is 5.75 Å². The fourth-order valence-electron chi connectivity index (χ4n) is 3.42. The van der Waals surface area contributed by atoms with Gasteiger partial charge in [0.25, 0.3) is 5.91 Å². The highest BCUT2D eigenvalue weighted by Crippen LogP contribution is 2.25. The molecule has 28 heavy (non-hydrogen) atoms. The molecular formula is C24H32N2O2. The van der Waals surface area contributed by atoms with Crippen LogP contribution in [0.4, 0.5) is 11.4 Å². The zero-order chi connectivity index (χ0) is 20.1. The first-order valence-electron chi connectivity index (χ1n) is 10.2. The van der Waals surface area contributed by atoms with Gasteiger partial charge in [-0.3, -0.25) is 4.79 Å². The van der Waals surface area contributed by atoms with Gasteiger partial charge in [0.15, 0.2) is 6.61 Å². The highest BCUT2D eigenvalue weighted by Gasteiger charge is 2.16. The molecule has 1 fully saturated rings. The van der Waals surface area contributed by atoms with Crippen LogP contribution in [0.2, 0.25) is 0 Å². The molecule has 0 bridgehead atoms. The van der Waals surface area contributed by atoms with Crippen LogP contribution in [0, 0.1) is 5.92 Å². The second-order valence-electron chi connectivity index (χ2n) is 8.83. The van der Waals surface area contributed by atoms with Gasteiger partial charge in [0, 0.05) is 24.5 Å². The number of hydrogen-bond acceptors (Lipinski definition) is 3. The van der Waals surface area contributed by atoms with Crippen LogP contribution in [-0.4, -0.2) is 25.6 Å². The van der Waals surface area contributed by atoms with Gasteiger partial charge in [-0.15, -0.1) is 0 Å². The number of benzene rings is 2. The van der Waals surface area contributed by atoms with E-state index in [0.717, 1.165) is 24.7 Å². The van der Waals surface area contributed by atoms with Crippen molar-refractivity contribution in [2.24, 2.45) is 5.92 Å². The minimum Gasteiger partial charge on any atom is -0.484 e. The largest absolute Gasteiger partial charge is 0.484 e. The molecule has 1 heterocycles. The number of nitrogens with one attached hydrogen (secondary N) is 1. The average Bonchev–Trinajstić information content (AvgIpc) is 2.67. The molecule has 0 aliphatic carbocycles. The van der Waals surface area contributed by atoms with Crippen molar-refractivity contribution in [1.82, 2.24) is 0 Å². The zero-order valence-electron chi connectivity index (χ0n) is 17.5. The molecule has 4 heteroatoms. The first-order chi connectivity index (χ1) is 13.3. The number of piperidine rings is 1. The Hall–Kier alpha value is -2.49. The fraction of sp³-hybridized carbons (Fsp3) is 0.458. The predicted molar refractivity (Wildman–Crippen MR) is 116 cm³/mol. The van der Waals surface area contributed by atoms with E-state index in [-0.39, 0.29) is 17.9 Å². The molecule has 1 amide bonds. The van der Waals surface area contributed by atoms with Crippen LogP contribution in [0.15, 0.2) is 48.5 Å². The number of anilines is 2. The molecule has 0 atom stereocenters. The van der Waals surface area contributed by atoms with Crippen molar-refractivity contribution >= 4 is 17.3 Å². The number of carbonyl (C=O) groups excluding carboxylic acids is 1. The second kappa shape index (κ2) is 8.68. The Morgan fingerprint density at radius 2 is 1.64 bits per heavy atom. The summed E-state index contributed by atoms with van der Waals surface area (Å²) in [5.41, 5.74) is 3.37. The summed E-state index contributed by atoms with van der Waals surface area (Å²) in [6.07, 6.45) is 2.49. The van der Waals surface area contributed by atoms with Crippen molar-refractivity contribution in [2.45, 2.75) is 46.0 Å². The van der Waals surface area contributed by atoms with Gasteiger partial charge in [0.05, 0.1) is 0 Å². The normalized spacial score (nSPS) is 15.4. The summed E-state index contributed by atoms with van der Waals surface area (Å²) < 4.78 is 5.62. The van der Waals surface area contributed by atoms with Crippen LogP contribution in [-0.2, 0) is 10.2 Å². The van der Waals surface area contributed by atoms with E-state index in [1.807, 2.05) is 36.4 Å². The molecule has 0 radical (unpaired) electrons. The first-order valence-corrected chi connectivity index (χ1v) is 10.2. The number of ether oxygens (including phenoxy) is 1. The van der Waals surface area contributed by atoms with Gasteiger partial charge in [-0.2, -0.15) is 0 Å². The summed E-state index contributed by atoms with van der Waals surface area (Å²) in [5, 5.41) is 2.90. The number of carbonyl (C=O) groups is 1. The molecule has 1 aliphatic rings. The maximum Gasteiger partial charge on any atom is 0.262 e. The molecule has 0 unspecified atom stereocenters. The van der Waals surface area contributed by atoms with Crippen molar-refractivity contribution in [3.05, 3.63) is 54.1 Å². The summed E-state index contributed by atoms with van der Waals surface area (Å²) >= 11 is 0. The van der Waals surface area contributed by atoms with Gasteiger partial charge in [0.1, 0.15) is 5.75 Å². The zero-order valence-corrected chi connectivity index (χ0v) is 17.5. The van der Waals surface area contributed by atoms with Gasteiger partial charge in [-0.05, 0) is 66.1 Å². The van der Waals surface area contributed by atoms with Crippen LogP contribution in [0.25, 0.3) is 0 Å². The minimum atomic E-state index is -0.153. The van der Waals surface area contributed by atoms with E-state index in [1.54, 1.807) is 0 Å². The van der Waals surface area contributed by atoms with Gasteiger partial charge >= 0.3 is 0 Å². The van der Waals surface area contributed by atoms with E-state index in [2.05, 4.69) is 50.0 Å². The summed E-state index contributed by atoms with van der Waals surface area (Å²) in [6.45, 7) is 11.1. The third-order valence-corrected chi connectivity index (χ3v) is 5.39. The fourth-order valence-corrected chi connectivity index (χ4v) is 3.42. The quantitative estimate of drug-likeness (QED) is 0.771. The lowest BCUT2D eigenvalue weighted by Crippen LogP contribution is -2.32. The molecule has 150 valence electrons. The van der Waals surface area contributed by atoms with Crippen LogP contribution >= 0.6 is 0 Å². The number of rotatable bonds is 5. The molecule has 3 rings (SSSR count). The molecule has 2 aromatic rings. The van der Waals surface area contributed by atoms with E-state index < -0.39 is 0 Å². The summed E-state index contributed by atoms with van der Waals surface area (Å²) in [4.78, 5) is 14.6. The Morgan fingerprint density at radius 1 is 1.04 bits per heavy atom. The van der Waals surface area contributed by atoms with Crippen molar-refractivity contribution in [1.29, 1.82) is 0 Å². The topological polar surface area (TPSA) is 41.6 Å². The maximum atomic E-state index is 12.2. The predicted octanol–water partition coefficient (Wildman–Crippen LogP) is 5.24. The van der Waals surface area contributed by atoms with Crippen LogP contribution in [0.3, 0.4) is 0 Å². The van der Waals surface area contributed by atoms with Crippen LogP contribution in [0.1, 0.15) is 46.1 Å². The van der Waals surface area contributed by atoms with E-state index in [4.69, 9.17) is 4.74 Å². The minimum absolute atomic E-state index is 0.000624. The van der Waals surface area contributed by atoms with Crippen molar-refractivity contribution < 1.29 is 9.53 Å². The van der Waals surface area contributed by atoms with Gasteiger partial charge in [0.2, 0.25) is 0 Å². The molecule has 1 aliphatic heterocycles. The highest BCUT2D eigenvalue weighted by molar-refractivity contribution is 5.92. The standard InChI is InChI=1S/C24H32N2O2/c1-18-13-15-26(16-14-18)21-9-7-20(8-10-21)25-23(27)17-28-22-11-5-19(6-12-22)24(2,3)4/h5-12,18H,13-17H2,1-4H3,(H,25,27). The van der Waals surface area contributed by atoms with E-state index in [9.17, 15) is 4.79 Å². The lowest BCUT2D eigenvalue weighted by molar-refractivity contribution is -0.118. The Bertz CT molecular complexity index is 768. The Kier molecular flexibility index (Phi) is 6.28. The summed E-state index contributed by atoms with van der Waals surface area (Å²) in [5.74, 6) is 1.37. The first kappa shape index (κ1) is 20.2. The molecule has 0 aromatic heterocycles. The van der Waals surface area contributed by atoms with Gasteiger partial charge in [-0.25, -0.2) is 0 Å². The van der Waals surface area contributed by atoms with E-state index in [0.29, 0.717) is 5.75 Å². The monoisotopic (exact) mass is 380 g/mol. The van der Waals surface area contributed by atoms with Gasteiger partial charge < -0.3 is 15.0 Å². The smallest absolute Gasteiger partial charge is 0.262 e. The number of amides is 1. The van der Waals surface area contributed by atoms with Crippen molar-refractivity contribution in [2.75, 3.05) is 29.9 Å². The third-order valence-electron chi connectivity index (χ3n) is 5.39. The molecule has 2 aromatic carbocycles. The van der Waals surface area contributed by atoms with E-state index in [1.165, 1.54) is 24.1 Å².